The molecule has 0 fully saturated rings. The zero-order valence-electron chi connectivity index (χ0n) is 2.10. The van der Waals surface area contributed by atoms with Crippen LogP contribution in [0.1, 0.15) is 0 Å². The smallest absolute Gasteiger partial charge is 0.450 e. The summed E-state index contributed by atoms with van der Waals surface area (Å²) in [5, 5.41) is 13.9. The van der Waals surface area contributed by atoms with Crippen molar-refractivity contribution in [1.29, 1.82) is 0 Å². The van der Waals surface area contributed by atoms with Crippen molar-refractivity contribution in [2.75, 3.05) is 0 Å². The van der Waals surface area contributed by atoms with Gasteiger partial charge in [-0.15, -0.1) is 0 Å². The fraction of sp³-hybridized carbons (Fsp3) is 0. The molecule has 0 aromatic rings. The van der Waals surface area contributed by atoms with Crippen LogP contribution >= 0.6 is 0 Å². The minimum Gasteiger partial charge on any atom is -0.450 e. The van der Waals surface area contributed by atoms with Gasteiger partial charge in [0.2, 0.25) is 0 Å². The molecule has 33 valence electrons. The van der Waals surface area contributed by atoms with Gasteiger partial charge in [-0.05, 0) is 0 Å². The molecule has 0 saturated heterocycles. The fourth-order valence-corrected chi connectivity index (χ4v) is 0. The van der Waals surface area contributed by atoms with Crippen molar-refractivity contribution in [3.63, 3.8) is 0 Å². The van der Waals surface area contributed by atoms with Crippen LogP contribution in [0, 0.1) is 0 Å². The maximum Gasteiger partial charge on any atom is 2.00 e. The Morgan fingerprint density at radius 1 is 1.40 bits per heavy atom. The van der Waals surface area contributed by atoms with E-state index in [4.69, 9.17) is 15.0 Å². The van der Waals surface area contributed by atoms with Crippen molar-refractivity contribution in [2.24, 2.45) is 0 Å². The molecule has 0 aliphatic rings. The van der Waals surface area contributed by atoms with E-state index in [0.717, 1.165) is 0 Å². The summed E-state index contributed by atoms with van der Waals surface area (Å²) in [5.41, 5.74) is 0. The predicted molar refractivity (Wildman–Crippen MR) is 10.7 cm³/mol. The number of rotatable bonds is 0. The van der Waals surface area contributed by atoms with E-state index in [9.17, 15) is 0 Å². The van der Waals surface area contributed by atoms with Crippen LogP contribution in [0.5, 0.6) is 0 Å². The van der Waals surface area contributed by atoms with Crippen molar-refractivity contribution in [3.05, 3.63) is 0 Å². The van der Waals surface area contributed by atoms with E-state index in [0.29, 0.717) is 0 Å². The van der Waals surface area contributed by atoms with E-state index in [2.05, 4.69) is 0 Å². The first-order valence-electron chi connectivity index (χ1n) is 0.651. The van der Waals surface area contributed by atoms with Gasteiger partial charge >= 0.3 is 23.2 Å². The van der Waals surface area contributed by atoms with Crippen molar-refractivity contribution >= 4 is 6.16 Å². The van der Waals surface area contributed by atoms with Gasteiger partial charge in [-0.1, -0.05) is 0 Å². The number of carboxylic acid groups (broad SMARTS) is 2. The van der Waals surface area contributed by atoms with Crippen LogP contribution in [0.4, 0.5) is 4.79 Å². The van der Waals surface area contributed by atoms with E-state index >= 15 is 0 Å². The monoisotopic (exact) mass is 125 g/mol. The first kappa shape index (κ1) is 8.84. The first-order chi connectivity index (χ1) is 1.73. The Labute approximate surface area is 39.1 Å². The van der Waals surface area contributed by atoms with E-state index < -0.39 is 6.16 Å². The van der Waals surface area contributed by atoms with E-state index in [1.165, 1.54) is 0 Å². The number of hydrogen-bond acceptors (Lipinski definition) is 1. The summed E-state index contributed by atoms with van der Waals surface area (Å²) >= 11 is 0. The Bertz CT molecular complexity index is 29.9. The Kier molecular flexibility index (Phi) is 6.70. The average molecular weight is 126 g/mol. The van der Waals surface area contributed by atoms with E-state index in [1.54, 1.807) is 0 Å². The van der Waals surface area contributed by atoms with Crippen molar-refractivity contribution < 1.29 is 32.1 Å². The summed E-state index contributed by atoms with van der Waals surface area (Å²) in [6.07, 6.45) is -1.83. The summed E-state index contributed by atoms with van der Waals surface area (Å²) in [5.74, 6) is 0. The third kappa shape index (κ3) is 274. The minimum atomic E-state index is -1.83. The summed E-state index contributed by atoms with van der Waals surface area (Å²) in [7, 11) is 0. The minimum absolute atomic E-state index is 0. The molecule has 3 nitrogen and oxygen atoms in total. The Morgan fingerprint density at radius 3 is 1.40 bits per heavy atom. The van der Waals surface area contributed by atoms with E-state index in [1.807, 2.05) is 0 Å². The molecule has 0 rings (SSSR count). The summed E-state index contributed by atoms with van der Waals surface area (Å²) in [4.78, 5) is 8.56. The molecule has 0 aromatic carbocycles. The zero-order valence-corrected chi connectivity index (χ0v) is 3.05. The molecule has 0 unspecified atom stereocenters. The molecule has 0 amide bonds. The summed E-state index contributed by atoms with van der Waals surface area (Å²) in [6, 6.07) is 0. The van der Waals surface area contributed by atoms with Crippen LogP contribution < -0.4 is 0 Å². The third-order valence-corrected chi connectivity index (χ3v) is 0. The SMILES string of the molecule is O=C(O)O.[Cu+2]. The molecule has 5 heavy (non-hydrogen) atoms. The average Bonchev–Trinajstić information content (AvgIpc) is 0.811. The molecule has 0 bridgehead atoms. The second-order valence-corrected chi connectivity index (χ2v) is 0.283. The maximum absolute atomic E-state index is 8.56. The predicted octanol–water partition coefficient (Wildman–Crippen LogP) is 0.220. The molecule has 2 N–H and O–H groups in total. The number of carbonyl (C=O) groups is 1. The van der Waals surface area contributed by atoms with Crippen LogP contribution in [0.2, 0.25) is 0 Å². The summed E-state index contributed by atoms with van der Waals surface area (Å²) in [6.45, 7) is 0. The van der Waals surface area contributed by atoms with Crippen LogP contribution in [-0.4, -0.2) is 16.4 Å². The quantitative estimate of drug-likeness (QED) is 0.456. The molecule has 0 aromatic heterocycles. The van der Waals surface area contributed by atoms with Crippen molar-refractivity contribution in [1.82, 2.24) is 0 Å². The molecule has 0 spiro atoms. The summed E-state index contributed by atoms with van der Waals surface area (Å²) < 4.78 is 0. The van der Waals surface area contributed by atoms with Gasteiger partial charge in [0.1, 0.15) is 0 Å². The molecule has 0 aliphatic heterocycles. The molecule has 4 heteroatoms. The standard InChI is InChI=1S/CH2O3.Cu/c2-1(3)4;/h(H2,2,3,4);/q;+2. The second kappa shape index (κ2) is 3.79. The van der Waals surface area contributed by atoms with Crippen LogP contribution in [0.15, 0.2) is 0 Å². The topological polar surface area (TPSA) is 57.5 Å². The molecule has 0 aliphatic carbocycles. The maximum atomic E-state index is 8.56. The van der Waals surface area contributed by atoms with Gasteiger partial charge in [0.05, 0.1) is 0 Å². The molecule has 1 radical (unpaired) electrons. The Balaban J connectivity index is 0. The zero-order chi connectivity index (χ0) is 3.58. The van der Waals surface area contributed by atoms with E-state index in [-0.39, 0.29) is 17.1 Å². The Hall–Kier alpha value is -0.211. The van der Waals surface area contributed by atoms with Crippen LogP contribution in [0.25, 0.3) is 0 Å². The number of hydrogen-bond donors (Lipinski definition) is 2. The van der Waals surface area contributed by atoms with Gasteiger partial charge in [0.15, 0.2) is 0 Å². The van der Waals surface area contributed by atoms with Gasteiger partial charge in [-0.2, -0.15) is 0 Å². The molecule has 0 saturated carbocycles. The van der Waals surface area contributed by atoms with Crippen molar-refractivity contribution in [3.8, 4) is 0 Å². The van der Waals surface area contributed by atoms with Gasteiger partial charge in [-0.25, -0.2) is 4.79 Å². The van der Waals surface area contributed by atoms with Crippen LogP contribution in [-0.2, 0) is 17.1 Å². The third-order valence-electron chi connectivity index (χ3n) is 0. The fourth-order valence-electron chi connectivity index (χ4n) is 0. The van der Waals surface area contributed by atoms with Crippen molar-refractivity contribution in [2.45, 2.75) is 0 Å². The second-order valence-electron chi connectivity index (χ2n) is 0.283. The van der Waals surface area contributed by atoms with Gasteiger partial charge in [-0.3, -0.25) is 0 Å². The molecule has 0 heterocycles. The molecule has 0 atom stereocenters. The normalized spacial score (nSPS) is 4.80. The van der Waals surface area contributed by atoms with Gasteiger partial charge in [0, 0.05) is 0 Å². The first-order valence-corrected chi connectivity index (χ1v) is 0.651. The van der Waals surface area contributed by atoms with Gasteiger partial charge < -0.3 is 10.2 Å². The van der Waals surface area contributed by atoms with Crippen LogP contribution in [0.3, 0.4) is 0 Å². The molecular weight excluding hydrogens is 124 g/mol. The Morgan fingerprint density at radius 2 is 1.40 bits per heavy atom. The van der Waals surface area contributed by atoms with Gasteiger partial charge in [0.25, 0.3) is 0 Å². The molecular formula is CH2CuO3+2. The largest absolute Gasteiger partial charge is 2.00 e.